The molecule has 2 fully saturated rings. The van der Waals surface area contributed by atoms with Crippen LogP contribution < -0.4 is 5.56 Å². The molecule has 3 heterocycles. The van der Waals surface area contributed by atoms with Gasteiger partial charge in [0.25, 0.3) is 5.56 Å². The number of hydrogen-bond donors (Lipinski definition) is 0. The van der Waals surface area contributed by atoms with Gasteiger partial charge in [-0.1, -0.05) is 12.1 Å². The number of fused-ring (bicyclic) bond motifs is 1. The third-order valence-electron chi connectivity index (χ3n) is 5.79. The van der Waals surface area contributed by atoms with Gasteiger partial charge in [0, 0.05) is 13.1 Å². The number of rotatable bonds is 5. The molecule has 0 bridgehead atoms. The van der Waals surface area contributed by atoms with Crippen molar-refractivity contribution in [1.29, 1.82) is 0 Å². The Labute approximate surface area is 161 Å². The molecular formula is C20H25F3N4O. The quantitative estimate of drug-likeness (QED) is 0.781. The zero-order chi connectivity index (χ0) is 19.7. The van der Waals surface area contributed by atoms with Gasteiger partial charge in [0.05, 0.1) is 16.9 Å². The topological polar surface area (TPSA) is 41.4 Å². The summed E-state index contributed by atoms with van der Waals surface area (Å²) >= 11 is 0. The molecule has 8 heteroatoms. The van der Waals surface area contributed by atoms with Gasteiger partial charge >= 0.3 is 6.18 Å². The lowest BCUT2D eigenvalue weighted by atomic mass is 10.1. The van der Waals surface area contributed by atoms with Gasteiger partial charge in [0.1, 0.15) is 12.4 Å². The van der Waals surface area contributed by atoms with Crippen LogP contribution in [0.4, 0.5) is 13.2 Å². The molecule has 28 heavy (non-hydrogen) atoms. The van der Waals surface area contributed by atoms with Gasteiger partial charge in [0.15, 0.2) is 0 Å². The average molecular weight is 394 g/mol. The second-order valence-corrected chi connectivity index (χ2v) is 7.74. The zero-order valence-electron chi connectivity index (χ0n) is 15.8. The number of nitrogens with zero attached hydrogens (tertiary/aromatic N) is 4. The van der Waals surface area contributed by atoms with Crippen molar-refractivity contribution in [3.05, 3.63) is 40.4 Å². The van der Waals surface area contributed by atoms with E-state index in [0.29, 0.717) is 5.52 Å². The number of para-hydroxylation sites is 1. The molecule has 0 radical (unpaired) electrons. The van der Waals surface area contributed by atoms with E-state index in [0.717, 1.165) is 50.1 Å². The fourth-order valence-electron chi connectivity index (χ4n) is 4.43. The number of benzene rings is 1. The van der Waals surface area contributed by atoms with Gasteiger partial charge < -0.3 is 4.90 Å². The third kappa shape index (κ3) is 4.07. The van der Waals surface area contributed by atoms with E-state index in [1.54, 1.807) is 24.3 Å². The molecule has 0 spiro atoms. The van der Waals surface area contributed by atoms with Gasteiger partial charge in [-0.05, 0) is 57.5 Å². The third-order valence-corrected chi connectivity index (χ3v) is 5.79. The highest BCUT2D eigenvalue weighted by atomic mass is 19.4. The van der Waals surface area contributed by atoms with Gasteiger partial charge in [-0.3, -0.25) is 14.3 Å². The molecule has 0 saturated carbocycles. The van der Waals surface area contributed by atoms with Gasteiger partial charge in [-0.15, -0.1) is 0 Å². The SMILES string of the molecule is O=c1c2ccccc2nc(C2CCCN2CCN2CCCC2)n1CC(F)(F)F. The first-order valence-electron chi connectivity index (χ1n) is 9.95. The van der Waals surface area contributed by atoms with Crippen molar-refractivity contribution in [2.45, 2.75) is 44.4 Å². The Bertz CT molecular complexity index is 889. The summed E-state index contributed by atoms with van der Waals surface area (Å²) in [5, 5.41) is 0.233. The van der Waals surface area contributed by atoms with Gasteiger partial charge in [0.2, 0.25) is 0 Å². The summed E-state index contributed by atoms with van der Waals surface area (Å²) in [5.41, 5.74) is -0.142. The fraction of sp³-hybridized carbons (Fsp3) is 0.600. The first-order chi connectivity index (χ1) is 13.4. The molecule has 1 unspecified atom stereocenters. The van der Waals surface area contributed by atoms with Gasteiger partial charge in [-0.2, -0.15) is 13.2 Å². The lowest BCUT2D eigenvalue weighted by Crippen LogP contribution is -2.38. The van der Waals surface area contributed by atoms with Crippen LogP contribution in [0, 0.1) is 0 Å². The Hall–Kier alpha value is -1.93. The minimum atomic E-state index is -4.47. The van der Waals surface area contributed by atoms with E-state index in [1.165, 1.54) is 12.8 Å². The summed E-state index contributed by atoms with van der Waals surface area (Å²) < 4.78 is 40.5. The van der Waals surface area contributed by atoms with E-state index in [4.69, 9.17) is 0 Å². The molecule has 0 amide bonds. The van der Waals surface area contributed by atoms with E-state index in [9.17, 15) is 18.0 Å². The van der Waals surface area contributed by atoms with Crippen molar-refractivity contribution in [2.75, 3.05) is 32.7 Å². The number of alkyl halides is 3. The van der Waals surface area contributed by atoms with Crippen LogP contribution in [-0.2, 0) is 6.54 Å². The van der Waals surface area contributed by atoms with Crippen LogP contribution in [-0.4, -0.2) is 58.3 Å². The first kappa shape index (κ1) is 19.4. The summed E-state index contributed by atoms with van der Waals surface area (Å²) in [6.45, 7) is 3.41. The highest BCUT2D eigenvalue weighted by Crippen LogP contribution is 2.32. The minimum absolute atomic E-state index is 0.233. The van der Waals surface area contributed by atoms with Crippen molar-refractivity contribution in [3.8, 4) is 0 Å². The smallest absolute Gasteiger partial charge is 0.302 e. The van der Waals surface area contributed by atoms with Crippen LogP contribution in [0.2, 0.25) is 0 Å². The molecule has 4 rings (SSSR count). The summed E-state index contributed by atoms with van der Waals surface area (Å²) in [7, 11) is 0. The summed E-state index contributed by atoms with van der Waals surface area (Å²) in [6.07, 6.45) is -0.425. The molecule has 2 aliphatic rings. The average Bonchev–Trinajstić information content (AvgIpc) is 3.32. The molecule has 1 aromatic carbocycles. The molecular weight excluding hydrogens is 369 g/mol. The standard InChI is InChI=1S/C20H25F3N4O/c21-20(22,23)14-27-18(24-16-7-2-1-6-15(16)19(27)28)17-8-5-11-26(17)13-12-25-9-3-4-10-25/h1-2,6-7,17H,3-5,8-14H2. The Morgan fingerprint density at radius 3 is 2.54 bits per heavy atom. The van der Waals surface area contributed by atoms with Crippen molar-refractivity contribution < 1.29 is 13.2 Å². The molecule has 2 saturated heterocycles. The van der Waals surface area contributed by atoms with Crippen LogP contribution in [0.3, 0.4) is 0 Å². The Kier molecular flexibility index (Phi) is 5.42. The molecule has 5 nitrogen and oxygen atoms in total. The predicted molar refractivity (Wildman–Crippen MR) is 101 cm³/mol. The summed E-state index contributed by atoms with van der Waals surface area (Å²) in [5.74, 6) is 0.250. The number of hydrogen-bond acceptors (Lipinski definition) is 4. The van der Waals surface area contributed by atoms with E-state index in [1.807, 2.05) is 0 Å². The predicted octanol–water partition coefficient (Wildman–Crippen LogP) is 3.19. The Balaban J connectivity index is 1.68. The van der Waals surface area contributed by atoms with Crippen LogP contribution in [0.5, 0.6) is 0 Å². The monoisotopic (exact) mass is 394 g/mol. The lowest BCUT2D eigenvalue weighted by Gasteiger charge is -2.28. The first-order valence-corrected chi connectivity index (χ1v) is 9.95. The highest BCUT2D eigenvalue weighted by Gasteiger charge is 2.35. The molecule has 0 aliphatic carbocycles. The maximum atomic E-state index is 13.2. The molecule has 152 valence electrons. The Morgan fingerprint density at radius 1 is 1.04 bits per heavy atom. The van der Waals surface area contributed by atoms with Gasteiger partial charge in [-0.25, -0.2) is 4.98 Å². The van der Waals surface area contributed by atoms with Crippen LogP contribution in [0.1, 0.15) is 37.5 Å². The number of halogens is 3. The molecule has 2 aliphatic heterocycles. The van der Waals surface area contributed by atoms with Crippen molar-refractivity contribution in [3.63, 3.8) is 0 Å². The number of aromatic nitrogens is 2. The van der Waals surface area contributed by atoms with E-state index in [-0.39, 0.29) is 17.3 Å². The highest BCUT2D eigenvalue weighted by molar-refractivity contribution is 5.77. The van der Waals surface area contributed by atoms with Crippen LogP contribution in [0.25, 0.3) is 10.9 Å². The van der Waals surface area contributed by atoms with E-state index < -0.39 is 18.3 Å². The van der Waals surface area contributed by atoms with Crippen LogP contribution in [0.15, 0.2) is 29.1 Å². The summed E-state index contributed by atoms with van der Waals surface area (Å²) in [4.78, 5) is 22.0. The zero-order valence-corrected chi connectivity index (χ0v) is 15.8. The fourth-order valence-corrected chi connectivity index (χ4v) is 4.43. The van der Waals surface area contributed by atoms with Crippen molar-refractivity contribution in [1.82, 2.24) is 19.4 Å². The van der Waals surface area contributed by atoms with E-state index >= 15 is 0 Å². The normalized spacial score (nSPS) is 21.8. The lowest BCUT2D eigenvalue weighted by molar-refractivity contribution is -0.142. The molecule has 1 aromatic heterocycles. The molecule has 2 aromatic rings. The van der Waals surface area contributed by atoms with Crippen LogP contribution >= 0.6 is 0 Å². The minimum Gasteiger partial charge on any atom is -0.302 e. The second kappa shape index (κ2) is 7.83. The Morgan fingerprint density at radius 2 is 1.79 bits per heavy atom. The molecule has 1 atom stereocenters. The van der Waals surface area contributed by atoms with Crippen molar-refractivity contribution >= 4 is 10.9 Å². The number of likely N-dealkylation sites (tertiary alicyclic amines) is 2. The van der Waals surface area contributed by atoms with E-state index in [2.05, 4.69) is 14.8 Å². The second-order valence-electron chi connectivity index (χ2n) is 7.74. The largest absolute Gasteiger partial charge is 0.406 e. The summed E-state index contributed by atoms with van der Waals surface area (Å²) in [6, 6.07) is 6.40. The maximum Gasteiger partial charge on any atom is 0.406 e. The molecule has 0 N–H and O–H groups in total. The van der Waals surface area contributed by atoms with Crippen molar-refractivity contribution in [2.24, 2.45) is 0 Å². The maximum absolute atomic E-state index is 13.2.